The maximum atomic E-state index is 10.5. The molecule has 0 bridgehead atoms. The second-order valence-corrected chi connectivity index (χ2v) is 5.63. The summed E-state index contributed by atoms with van der Waals surface area (Å²) in [5.74, 6) is 0. The fraction of sp³-hybridized carbons (Fsp3) is 0.471. The second kappa shape index (κ2) is 6.23. The third-order valence-corrected chi connectivity index (χ3v) is 4.15. The van der Waals surface area contributed by atoms with Crippen molar-refractivity contribution in [2.75, 3.05) is 0 Å². The van der Waals surface area contributed by atoms with Gasteiger partial charge in [0.1, 0.15) is 0 Å². The van der Waals surface area contributed by atoms with E-state index in [2.05, 4.69) is 21.7 Å². The van der Waals surface area contributed by atoms with Crippen LogP contribution in [0, 0.1) is 0 Å². The molecule has 1 aromatic heterocycles. The first-order chi connectivity index (χ1) is 9.84. The molecule has 0 aliphatic heterocycles. The molecule has 2 aromatic rings. The van der Waals surface area contributed by atoms with Gasteiger partial charge in [-0.1, -0.05) is 31.1 Å². The first-order valence-electron chi connectivity index (χ1n) is 7.61. The van der Waals surface area contributed by atoms with Crippen molar-refractivity contribution in [3.8, 4) is 0 Å². The van der Waals surface area contributed by atoms with Gasteiger partial charge in [-0.05, 0) is 43.4 Å². The molecule has 0 amide bonds. The van der Waals surface area contributed by atoms with E-state index in [4.69, 9.17) is 0 Å². The van der Waals surface area contributed by atoms with Gasteiger partial charge in [0.2, 0.25) is 0 Å². The van der Waals surface area contributed by atoms with E-state index in [9.17, 15) is 5.11 Å². The number of imidazole rings is 1. The summed E-state index contributed by atoms with van der Waals surface area (Å²) in [6.07, 6.45) is 10.9. The van der Waals surface area contributed by atoms with E-state index < -0.39 is 0 Å². The van der Waals surface area contributed by atoms with Gasteiger partial charge in [0.15, 0.2) is 0 Å². The van der Waals surface area contributed by atoms with Gasteiger partial charge >= 0.3 is 0 Å². The average molecular weight is 270 g/mol. The van der Waals surface area contributed by atoms with E-state index in [0.717, 1.165) is 23.9 Å². The minimum absolute atomic E-state index is 0.384. The molecule has 0 saturated heterocycles. The van der Waals surface area contributed by atoms with Crippen LogP contribution in [0.15, 0.2) is 42.2 Å². The first kappa shape index (κ1) is 13.4. The van der Waals surface area contributed by atoms with Gasteiger partial charge in [-0.15, -0.1) is 0 Å². The Balaban J connectivity index is 1.76. The molecule has 1 aliphatic carbocycles. The zero-order valence-corrected chi connectivity index (χ0v) is 11.8. The highest BCUT2D eigenvalue weighted by molar-refractivity contribution is 5.74. The zero-order valence-electron chi connectivity index (χ0n) is 11.8. The van der Waals surface area contributed by atoms with Crippen LogP contribution >= 0.6 is 0 Å². The number of para-hydroxylation sites is 2. The molecule has 1 unspecified atom stereocenters. The normalized spacial score (nSPS) is 20.9. The maximum Gasteiger partial charge on any atom is 0.0959 e. The average Bonchev–Trinajstić information content (AvgIpc) is 2.82. The van der Waals surface area contributed by atoms with Crippen molar-refractivity contribution in [3.05, 3.63) is 42.2 Å². The molecule has 0 saturated carbocycles. The Morgan fingerprint density at radius 3 is 2.95 bits per heavy atom. The van der Waals surface area contributed by atoms with Crippen LogP contribution in [0.5, 0.6) is 0 Å². The molecule has 0 radical (unpaired) electrons. The molecule has 1 N–H and O–H groups in total. The highest BCUT2D eigenvalue weighted by atomic mass is 16.3. The SMILES string of the molecule is OC(Cn1cnc2ccccc21)/C1=C/CCCCCC1. The van der Waals surface area contributed by atoms with E-state index in [1.807, 2.05) is 24.5 Å². The molecule has 1 aromatic carbocycles. The number of benzene rings is 1. The Kier molecular flexibility index (Phi) is 4.16. The lowest BCUT2D eigenvalue weighted by molar-refractivity contribution is 0.185. The number of hydrogen-bond acceptors (Lipinski definition) is 2. The fourth-order valence-electron chi connectivity index (χ4n) is 2.98. The molecule has 3 heteroatoms. The Morgan fingerprint density at radius 1 is 1.15 bits per heavy atom. The van der Waals surface area contributed by atoms with Crippen molar-refractivity contribution in [1.82, 2.24) is 9.55 Å². The lowest BCUT2D eigenvalue weighted by atomic mass is 9.96. The summed E-state index contributed by atoms with van der Waals surface area (Å²) in [7, 11) is 0. The van der Waals surface area contributed by atoms with E-state index in [1.165, 1.54) is 31.3 Å². The van der Waals surface area contributed by atoms with Gasteiger partial charge in [0, 0.05) is 0 Å². The number of aromatic nitrogens is 2. The number of aliphatic hydroxyl groups is 1. The van der Waals surface area contributed by atoms with Crippen LogP contribution in [-0.2, 0) is 6.54 Å². The van der Waals surface area contributed by atoms with E-state index in [-0.39, 0.29) is 6.10 Å². The molecular weight excluding hydrogens is 248 g/mol. The summed E-state index contributed by atoms with van der Waals surface area (Å²) in [6.45, 7) is 0.604. The minimum Gasteiger partial charge on any atom is -0.387 e. The van der Waals surface area contributed by atoms with Crippen molar-refractivity contribution in [1.29, 1.82) is 0 Å². The second-order valence-electron chi connectivity index (χ2n) is 5.63. The molecular formula is C17H22N2O. The van der Waals surface area contributed by atoms with Crippen LogP contribution < -0.4 is 0 Å². The standard InChI is InChI=1S/C17H22N2O/c20-17(14-8-4-2-1-3-5-9-14)12-19-13-18-15-10-6-7-11-16(15)19/h6-8,10-11,13,17,20H,1-5,9,12H2/b14-8+. The van der Waals surface area contributed by atoms with Gasteiger partial charge in [-0.2, -0.15) is 0 Å². The van der Waals surface area contributed by atoms with Crippen molar-refractivity contribution >= 4 is 11.0 Å². The van der Waals surface area contributed by atoms with Crippen LogP contribution in [0.4, 0.5) is 0 Å². The van der Waals surface area contributed by atoms with E-state index in [0.29, 0.717) is 6.54 Å². The summed E-state index contributed by atoms with van der Waals surface area (Å²) >= 11 is 0. The van der Waals surface area contributed by atoms with Crippen LogP contribution in [-0.4, -0.2) is 20.8 Å². The third-order valence-electron chi connectivity index (χ3n) is 4.15. The highest BCUT2D eigenvalue weighted by Gasteiger charge is 2.14. The Hall–Kier alpha value is -1.61. The summed E-state index contributed by atoms with van der Waals surface area (Å²) in [5, 5.41) is 10.5. The van der Waals surface area contributed by atoms with Gasteiger partial charge < -0.3 is 9.67 Å². The van der Waals surface area contributed by atoms with Crippen molar-refractivity contribution in [2.24, 2.45) is 0 Å². The number of allylic oxidation sites excluding steroid dienone is 1. The number of hydrogen-bond donors (Lipinski definition) is 1. The molecule has 3 rings (SSSR count). The van der Waals surface area contributed by atoms with Crippen LogP contribution in [0.1, 0.15) is 38.5 Å². The smallest absolute Gasteiger partial charge is 0.0959 e. The third kappa shape index (κ3) is 2.93. The lowest BCUT2D eigenvalue weighted by Gasteiger charge is -2.18. The lowest BCUT2D eigenvalue weighted by Crippen LogP contribution is -2.18. The molecule has 0 fully saturated rings. The molecule has 1 atom stereocenters. The topological polar surface area (TPSA) is 38.0 Å². The molecule has 106 valence electrons. The predicted molar refractivity (Wildman–Crippen MR) is 81.5 cm³/mol. The molecule has 1 heterocycles. The zero-order chi connectivity index (χ0) is 13.8. The largest absolute Gasteiger partial charge is 0.387 e. The molecule has 1 aliphatic rings. The monoisotopic (exact) mass is 270 g/mol. The number of aliphatic hydroxyl groups excluding tert-OH is 1. The van der Waals surface area contributed by atoms with Gasteiger partial charge in [0.05, 0.1) is 30.0 Å². The number of nitrogens with zero attached hydrogens (tertiary/aromatic N) is 2. The number of rotatable bonds is 3. The van der Waals surface area contributed by atoms with Crippen molar-refractivity contribution in [2.45, 2.75) is 51.2 Å². The Bertz CT molecular complexity index is 600. The van der Waals surface area contributed by atoms with Crippen molar-refractivity contribution < 1.29 is 5.11 Å². The van der Waals surface area contributed by atoms with Crippen LogP contribution in [0.25, 0.3) is 11.0 Å². The molecule has 0 spiro atoms. The van der Waals surface area contributed by atoms with Crippen LogP contribution in [0.2, 0.25) is 0 Å². The van der Waals surface area contributed by atoms with Gasteiger partial charge in [-0.3, -0.25) is 0 Å². The minimum atomic E-state index is -0.384. The number of fused-ring (bicyclic) bond motifs is 1. The van der Waals surface area contributed by atoms with Crippen LogP contribution in [0.3, 0.4) is 0 Å². The predicted octanol–water partition coefficient (Wildman–Crippen LogP) is 3.68. The Morgan fingerprint density at radius 2 is 2.00 bits per heavy atom. The summed E-state index contributed by atoms with van der Waals surface area (Å²) in [6, 6.07) is 8.07. The first-order valence-corrected chi connectivity index (χ1v) is 7.61. The van der Waals surface area contributed by atoms with Gasteiger partial charge in [0.25, 0.3) is 0 Å². The quantitative estimate of drug-likeness (QED) is 0.864. The van der Waals surface area contributed by atoms with Crippen molar-refractivity contribution in [3.63, 3.8) is 0 Å². The Labute approximate surface area is 120 Å². The van der Waals surface area contributed by atoms with E-state index >= 15 is 0 Å². The maximum absolute atomic E-state index is 10.5. The molecule has 20 heavy (non-hydrogen) atoms. The fourth-order valence-corrected chi connectivity index (χ4v) is 2.98. The summed E-state index contributed by atoms with van der Waals surface area (Å²) in [5.41, 5.74) is 3.30. The van der Waals surface area contributed by atoms with Gasteiger partial charge in [-0.25, -0.2) is 4.98 Å². The van der Waals surface area contributed by atoms with E-state index in [1.54, 1.807) is 0 Å². The molecule has 3 nitrogen and oxygen atoms in total. The summed E-state index contributed by atoms with van der Waals surface area (Å²) < 4.78 is 2.06. The highest BCUT2D eigenvalue weighted by Crippen LogP contribution is 2.21. The summed E-state index contributed by atoms with van der Waals surface area (Å²) in [4.78, 5) is 4.38.